The fourth-order valence-electron chi connectivity index (χ4n) is 2.14. The van der Waals surface area contributed by atoms with Crippen molar-refractivity contribution in [1.29, 1.82) is 0 Å². The second kappa shape index (κ2) is 6.33. The molecule has 1 amide bonds. The molecule has 5 nitrogen and oxygen atoms in total. The lowest BCUT2D eigenvalue weighted by Gasteiger charge is -2.35. The summed E-state index contributed by atoms with van der Waals surface area (Å²) in [7, 11) is 0. The van der Waals surface area contributed by atoms with Crippen molar-refractivity contribution < 1.29 is 9.53 Å². The zero-order valence-electron chi connectivity index (χ0n) is 10.9. The van der Waals surface area contributed by atoms with Crippen LogP contribution in [0.25, 0.3) is 0 Å². The third-order valence-corrected chi connectivity index (χ3v) is 3.90. The van der Waals surface area contributed by atoms with Gasteiger partial charge in [-0.1, -0.05) is 20.3 Å². The van der Waals surface area contributed by atoms with Crippen molar-refractivity contribution in [3.63, 3.8) is 0 Å². The Morgan fingerprint density at radius 2 is 2.06 bits per heavy atom. The number of hydrogen-bond acceptors (Lipinski definition) is 4. The molecule has 17 heavy (non-hydrogen) atoms. The summed E-state index contributed by atoms with van der Waals surface area (Å²) in [5.74, 6) is -0.277. The van der Waals surface area contributed by atoms with E-state index in [1.807, 2.05) is 13.8 Å². The summed E-state index contributed by atoms with van der Waals surface area (Å²) in [6, 6.07) is 0. The van der Waals surface area contributed by atoms with Gasteiger partial charge in [0.1, 0.15) is 0 Å². The number of amides is 1. The fourth-order valence-corrected chi connectivity index (χ4v) is 2.14. The molecule has 1 rings (SSSR count). The molecule has 1 saturated heterocycles. The van der Waals surface area contributed by atoms with Crippen LogP contribution in [0.2, 0.25) is 0 Å². The number of carbonyl (C=O) groups is 1. The number of primary amides is 1. The average molecular weight is 243 g/mol. The molecule has 0 aromatic carbocycles. The minimum absolute atomic E-state index is 0.112. The van der Waals surface area contributed by atoms with E-state index in [4.69, 9.17) is 16.2 Å². The molecule has 1 heterocycles. The first-order valence-corrected chi connectivity index (χ1v) is 6.39. The first-order valence-electron chi connectivity index (χ1n) is 6.39. The van der Waals surface area contributed by atoms with Gasteiger partial charge in [-0.3, -0.25) is 9.69 Å². The van der Waals surface area contributed by atoms with Crippen LogP contribution in [0.4, 0.5) is 0 Å². The number of nitrogens with two attached hydrogens (primary N) is 2. The molecule has 0 spiro atoms. The average Bonchev–Trinajstić information content (AvgIpc) is 2.35. The smallest absolute Gasteiger partial charge is 0.237 e. The number of rotatable bonds is 6. The first kappa shape index (κ1) is 14.4. The van der Waals surface area contributed by atoms with Crippen LogP contribution in [0.15, 0.2) is 0 Å². The van der Waals surface area contributed by atoms with Crippen LogP contribution in [0.3, 0.4) is 0 Å². The normalized spacial score (nSPS) is 23.0. The Morgan fingerprint density at radius 1 is 1.47 bits per heavy atom. The topological polar surface area (TPSA) is 81.6 Å². The molecule has 1 fully saturated rings. The summed E-state index contributed by atoms with van der Waals surface area (Å²) >= 11 is 0. The number of ether oxygens (including phenoxy) is 1. The molecule has 100 valence electrons. The van der Waals surface area contributed by atoms with Crippen molar-refractivity contribution in [3.05, 3.63) is 0 Å². The van der Waals surface area contributed by atoms with E-state index in [1.54, 1.807) is 0 Å². The molecule has 0 aliphatic carbocycles. The van der Waals surface area contributed by atoms with Gasteiger partial charge in [0.25, 0.3) is 0 Å². The minimum Gasteiger partial charge on any atom is -0.379 e. The van der Waals surface area contributed by atoms with E-state index < -0.39 is 5.54 Å². The number of hydrogen-bond donors (Lipinski definition) is 2. The molecule has 0 aromatic heterocycles. The van der Waals surface area contributed by atoms with Gasteiger partial charge >= 0.3 is 0 Å². The molecule has 2 atom stereocenters. The maximum atomic E-state index is 11.5. The van der Waals surface area contributed by atoms with E-state index >= 15 is 0 Å². The van der Waals surface area contributed by atoms with Gasteiger partial charge < -0.3 is 16.2 Å². The van der Waals surface area contributed by atoms with Crippen LogP contribution >= 0.6 is 0 Å². The highest BCUT2D eigenvalue weighted by atomic mass is 16.5. The lowest BCUT2D eigenvalue weighted by atomic mass is 9.80. The Morgan fingerprint density at radius 3 is 2.53 bits per heavy atom. The maximum absolute atomic E-state index is 11.5. The van der Waals surface area contributed by atoms with Gasteiger partial charge in [-0.05, 0) is 12.3 Å². The summed E-state index contributed by atoms with van der Waals surface area (Å²) in [5.41, 5.74) is 10.8. The molecule has 0 bridgehead atoms. The Balaban J connectivity index is 2.51. The highest BCUT2D eigenvalue weighted by Crippen LogP contribution is 2.22. The van der Waals surface area contributed by atoms with Gasteiger partial charge in [-0.15, -0.1) is 0 Å². The zero-order chi connectivity index (χ0) is 12.9. The van der Waals surface area contributed by atoms with Crippen LogP contribution in [0, 0.1) is 5.92 Å². The second-order valence-electron chi connectivity index (χ2n) is 4.92. The monoisotopic (exact) mass is 243 g/mol. The van der Waals surface area contributed by atoms with Crippen LogP contribution < -0.4 is 11.5 Å². The van der Waals surface area contributed by atoms with Crippen LogP contribution in [0.5, 0.6) is 0 Å². The van der Waals surface area contributed by atoms with Gasteiger partial charge in [-0.2, -0.15) is 0 Å². The third-order valence-electron chi connectivity index (χ3n) is 3.90. The Labute approximate surface area is 103 Å². The fraction of sp³-hybridized carbons (Fsp3) is 0.917. The van der Waals surface area contributed by atoms with E-state index in [9.17, 15) is 4.79 Å². The summed E-state index contributed by atoms with van der Waals surface area (Å²) in [6.07, 6.45) is 1.49. The Hall–Kier alpha value is -0.650. The number of carbonyl (C=O) groups excluding carboxylic acids is 1. The molecule has 0 saturated carbocycles. The molecule has 1 aliphatic heterocycles. The summed E-state index contributed by atoms with van der Waals surface area (Å²) in [6.45, 7) is 8.18. The van der Waals surface area contributed by atoms with Crippen molar-refractivity contribution in [2.24, 2.45) is 17.4 Å². The summed E-state index contributed by atoms with van der Waals surface area (Å²) in [4.78, 5) is 13.8. The SMILES string of the molecule is CC[C@@H](C)[C@@](N)(CCN1CCOCC1)C(N)=O. The maximum Gasteiger partial charge on any atom is 0.237 e. The highest BCUT2D eigenvalue weighted by Gasteiger charge is 2.37. The Bertz CT molecular complexity index is 254. The third kappa shape index (κ3) is 3.66. The van der Waals surface area contributed by atoms with E-state index in [0.29, 0.717) is 6.42 Å². The molecular weight excluding hydrogens is 218 g/mol. The van der Waals surface area contributed by atoms with Gasteiger partial charge in [-0.25, -0.2) is 0 Å². The second-order valence-corrected chi connectivity index (χ2v) is 4.92. The summed E-state index contributed by atoms with van der Waals surface area (Å²) < 4.78 is 5.28. The highest BCUT2D eigenvalue weighted by molar-refractivity contribution is 5.84. The van der Waals surface area contributed by atoms with Crippen molar-refractivity contribution in [3.8, 4) is 0 Å². The van der Waals surface area contributed by atoms with Crippen molar-refractivity contribution in [2.75, 3.05) is 32.8 Å². The lowest BCUT2D eigenvalue weighted by Crippen LogP contribution is -2.58. The predicted molar refractivity (Wildman–Crippen MR) is 67.4 cm³/mol. The predicted octanol–water partition coefficient (Wildman–Crippen LogP) is -0.0624. The number of morpholine rings is 1. The largest absolute Gasteiger partial charge is 0.379 e. The van der Waals surface area contributed by atoms with Crippen molar-refractivity contribution in [1.82, 2.24) is 4.90 Å². The van der Waals surface area contributed by atoms with E-state index in [1.165, 1.54) is 0 Å². The molecular formula is C12H25N3O2. The van der Waals surface area contributed by atoms with Gasteiger partial charge in [0.15, 0.2) is 0 Å². The quantitative estimate of drug-likeness (QED) is 0.684. The van der Waals surface area contributed by atoms with Crippen molar-refractivity contribution in [2.45, 2.75) is 32.2 Å². The van der Waals surface area contributed by atoms with Crippen LogP contribution in [-0.2, 0) is 9.53 Å². The molecule has 0 radical (unpaired) electrons. The van der Waals surface area contributed by atoms with Gasteiger partial charge in [0.2, 0.25) is 5.91 Å². The van der Waals surface area contributed by atoms with Gasteiger partial charge in [0.05, 0.1) is 18.8 Å². The van der Waals surface area contributed by atoms with Crippen LogP contribution in [-0.4, -0.2) is 49.2 Å². The Kier molecular flexibility index (Phi) is 5.36. The van der Waals surface area contributed by atoms with Crippen LogP contribution in [0.1, 0.15) is 26.7 Å². The zero-order valence-corrected chi connectivity index (χ0v) is 10.9. The van der Waals surface area contributed by atoms with E-state index in [0.717, 1.165) is 39.3 Å². The standard InChI is InChI=1S/C12H25N3O2/c1-3-10(2)12(14,11(13)16)4-5-15-6-8-17-9-7-15/h10H,3-9,14H2,1-2H3,(H2,13,16)/t10-,12+/m1/s1. The van der Waals surface area contributed by atoms with E-state index in [2.05, 4.69) is 4.90 Å². The van der Waals surface area contributed by atoms with Gasteiger partial charge in [0, 0.05) is 19.6 Å². The lowest BCUT2D eigenvalue weighted by molar-refractivity contribution is -0.125. The minimum atomic E-state index is -0.882. The van der Waals surface area contributed by atoms with E-state index in [-0.39, 0.29) is 11.8 Å². The summed E-state index contributed by atoms with van der Waals surface area (Å²) in [5, 5.41) is 0. The molecule has 5 heteroatoms. The first-order chi connectivity index (χ1) is 8.00. The molecule has 0 aromatic rings. The number of nitrogens with zero attached hydrogens (tertiary/aromatic N) is 1. The molecule has 4 N–H and O–H groups in total. The van der Waals surface area contributed by atoms with Crippen molar-refractivity contribution >= 4 is 5.91 Å². The molecule has 1 aliphatic rings. The molecule has 0 unspecified atom stereocenters.